The van der Waals surface area contributed by atoms with Gasteiger partial charge in [-0.25, -0.2) is 4.98 Å². The average molecular weight is 239 g/mol. The highest BCUT2D eigenvalue weighted by Crippen LogP contribution is 2.31. The van der Waals surface area contributed by atoms with Crippen LogP contribution >= 0.6 is 22.7 Å². The summed E-state index contributed by atoms with van der Waals surface area (Å²) in [5.41, 5.74) is 1.06. The average Bonchev–Trinajstić information content (AvgIpc) is 2.84. The summed E-state index contributed by atoms with van der Waals surface area (Å²) in [6.45, 7) is 2.24. The van der Waals surface area contributed by atoms with Crippen molar-refractivity contribution in [2.75, 3.05) is 0 Å². The first-order chi connectivity index (χ1) is 7.35. The highest BCUT2D eigenvalue weighted by molar-refractivity contribution is 7.21. The molecule has 0 atom stereocenters. The van der Waals surface area contributed by atoms with Crippen molar-refractivity contribution in [1.82, 2.24) is 4.98 Å². The lowest BCUT2D eigenvalue weighted by Gasteiger charge is -1.93. The molecule has 2 nitrogen and oxygen atoms in total. The Morgan fingerprint density at radius 2 is 2.33 bits per heavy atom. The quantitative estimate of drug-likeness (QED) is 0.888. The molecule has 0 aromatic carbocycles. The molecule has 15 heavy (non-hydrogen) atoms. The second kappa shape index (κ2) is 4.88. The summed E-state index contributed by atoms with van der Waals surface area (Å²) in [5, 5.41) is 12.3. The van der Waals surface area contributed by atoms with E-state index in [2.05, 4.69) is 23.4 Å². The number of thiazole rings is 1. The van der Waals surface area contributed by atoms with Crippen LogP contribution < -0.4 is 0 Å². The standard InChI is InChI=1S/C11H13NOS2/c1-2-4-8-10(7-13)15-11(12-8)9-5-3-6-14-9/h3,5-6,13H,2,4,7H2,1H3. The van der Waals surface area contributed by atoms with Gasteiger partial charge in [0, 0.05) is 0 Å². The van der Waals surface area contributed by atoms with Crippen LogP contribution in [0.4, 0.5) is 0 Å². The van der Waals surface area contributed by atoms with Gasteiger partial charge < -0.3 is 5.11 Å². The molecule has 0 saturated heterocycles. The predicted molar refractivity (Wildman–Crippen MR) is 65.3 cm³/mol. The highest BCUT2D eigenvalue weighted by Gasteiger charge is 2.11. The van der Waals surface area contributed by atoms with Gasteiger partial charge in [0.2, 0.25) is 0 Å². The Balaban J connectivity index is 2.34. The van der Waals surface area contributed by atoms with Gasteiger partial charge in [0.05, 0.1) is 22.1 Å². The van der Waals surface area contributed by atoms with E-state index in [1.807, 2.05) is 6.07 Å². The maximum absolute atomic E-state index is 9.23. The van der Waals surface area contributed by atoms with Crippen LogP contribution in [0.5, 0.6) is 0 Å². The zero-order chi connectivity index (χ0) is 10.7. The van der Waals surface area contributed by atoms with Gasteiger partial charge in [-0.1, -0.05) is 19.4 Å². The van der Waals surface area contributed by atoms with Gasteiger partial charge in [0.15, 0.2) is 0 Å². The minimum Gasteiger partial charge on any atom is -0.391 e. The first-order valence-corrected chi connectivity index (χ1v) is 6.68. The summed E-state index contributed by atoms with van der Waals surface area (Å²) in [7, 11) is 0. The van der Waals surface area contributed by atoms with Crippen molar-refractivity contribution in [2.45, 2.75) is 26.4 Å². The molecule has 0 spiro atoms. The molecule has 2 aromatic heterocycles. The summed E-state index contributed by atoms with van der Waals surface area (Å²) in [4.78, 5) is 6.79. The van der Waals surface area contributed by atoms with E-state index in [0.717, 1.165) is 28.4 Å². The van der Waals surface area contributed by atoms with Crippen molar-refractivity contribution in [3.8, 4) is 9.88 Å². The Morgan fingerprint density at radius 1 is 1.47 bits per heavy atom. The number of hydrogen-bond donors (Lipinski definition) is 1. The Labute approximate surface area is 97.2 Å². The lowest BCUT2D eigenvalue weighted by atomic mass is 10.2. The van der Waals surface area contributed by atoms with E-state index in [0.29, 0.717) is 0 Å². The van der Waals surface area contributed by atoms with Crippen LogP contribution in [-0.4, -0.2) is 10.1 Å². The molecule has 2 rings (SSSR count). The Morgan fingerprint density at radius 3 is 2.93 bits per heavy atom. The molecule has 2 heterocycles. The zero-order valence-electron chi connectivity index (χ0n) is 8.56. The number of aryl methyl sites for hydroxylation is 1. The van der Waals surface area contributed by atoms with Gasteiger partial charge in [-0.3, -0.25) is 0 Å². The largest absolute Gasteiger partial charge is 0.391 e. The van der Waals surface area contributed by atoms with Crippen LogP contribution in [0.2, 0.25) is 0 Å². The van der Waals surface area contributed by atoms with Gasteiger partial charge in [0.25, 0.3) is 0 Å². The maximum atomic E-state index is 9.23. The maximum Gasteiger partial charge on any atom is 0.133 e. The van der Waals surface area contributed by atoms with Gasteiger partial charge in [-0.05, 0) is 17.9 Å². The van der Waals surface area contributed by atoms with E-state index >= 15 is 0 Å². The van der Waals surface area contributed by atoms with Crippen molar-refractivity contribution in [3.05, 3.63) is 28.1 Å². The van der Waals surface area contributed by atoms with Crippen molar-refractivity contribution in [1.29, 1.82) is 0 Å². The van der Waals surface area contributed by atoms with Crippen LogP contribution in [-0.2, 0) is 13.0 Å². The lowest BCUT2D eigenvalue weighted by molar-refractivity contribution is 0.284. The van der Waals surface area contributed by atoms with E-state index in [9.17, 15) is 5.11 Å². The number of aliphatic hydroxyl groups excluding tert-OH is 1. The molecule has 0 aliphatic rings. The first kappa shape index (κ1) is 10.8. The minimum absolute atomic E-state index is 0.109. The van der Waals surface area contributed by atoms with Crippen LogP contribution in [0.25, 0.3) is 9.88 Å². The second-order valence-corrected chi connectivity index (χ2v) is 5.31. The summed E-state index contributed by atoms with van der Waals surface area (Å²) < 4.78 is 0. The molecule has 0 aliphatic heterocycles. The van der Waals surface area contributed by atoms with Crippen molar-refractivity contribution in [2.24, 2.45) is 0 Å². The molecule has 0 aliphatic carbocycles. The molecule has 1 N–H and O–H groups in total. The lowest BCUT2D eigenvalue weighted by Crippen LogP contribution is -1.89. The SMILES string of the molecule is CCCc1nc(-c2cccs2)sc1CO. The molecule has 0 bridgehead atoms. The van der Waals surface area contributed by atoms with Crippen LogP contribution in [0.3, 0.4) is 0 Å². The van der Waals surface area contributed by atoms with E-state index in [1.54, 1.807) is 22.7 Å². The Bertz CT molecular complexity index is 420. The van der Waals surface area contributed by atoms with E-state index in [4.69, 9.17) is 0 Å². The second-order valence-electron chi connectivity index (χ2n) is 3.27. The topological polar surface area (TPSA) is 33.1 Å². The van der Waals surface area contributed by atoms with Gasteiger partial charge in [-0.15, -0.1) is 22.7 Å². The number of aromatic nitrogens is 1. The third kappa shape index (κ3) is 2.27. The monoisotopic (exact) mass is 239 g/mol. The molecule has 0 amide bonds. The molecule has 0 saturated carbocycles. The summed E-state index contributed by atoms with van der Waals surface area (Å²) in [6.07, 6.45) is 2.03. The fourth-order valence-corrected chi connectivity index (χ4v) is 3.21. The molecule has 0 unspecified atom stereocenters. The molecular weight excluding hydrogens is 226 g/mol. The van der Waals surface area contributed by atoms with Gasteiger partial charge >= 0.3 is 0 Å². The van der Waals surface area contributed by atoms with Crippen LogP contribution in [0.15, 0.2) is 17.5 Å². The fourth-order valence-electron chi connectivity index (χ4n) is 1.44. The third-order valence-electron chi connectivity index (χ3n) is 2.14. The number of nitrogens with zero attached hydrogens (tertiary/aromatic N) is 1. The van der Waals surface area contributed by atoms with E-state index < -0.39 is 0 Å². The van der Waals surface area contributed by atoms with E-state index in [-0.39, 0.29) is 6.61 Å². The molecule has 80 valence electrons. The number of thiophene rings is 1. The smallest absolute Gasteiger partial charge is 0.133 e. The minimum atomic E-state index is 0.109. The first-order valence-electron chi connectivity index (χ1n) is 4.98. The number of rotatable bonds is 4. The highest BCUT2D eigenvalue weighted by atomic mass is 32.1. The zero-order valence-corrected chi connectivity index (χ0v) is 10.2. The van der Waals surface area contributed by atoms with Crippen molar-refractivity contribution in [3.63, 3.8) is 0 Å². The van der Waals surface area contributed by atoms with Crippen molar-refractivity contribution >= 4 is 22.7 Å². The molecule has 2 aromatic rings. The normalized spacial score (nSPS) is 10.8. The number of hydrogen-bond acceptors (Lipinski definition) is 4. The van der Waals surface area contributed by atoms with E-state index in [1.165, 1.54) is 4.88 Å². The van der Waals surface area contributed by atoms with Gasteiger partial charge in [-0.2, -0.15) is 0 Å². The summed E-state index contributed by atoms with van der Waals surface area (Å²) in [5.74, 6) is 0. The molecular formula is C11H13NOS2. The van der Waals surface area contributed by atoms with Crippen LogP contribution in [0.1, 0.15) is 23.9 Å². The van der Waals surface area contributed by atoms with Gasteiger partial charge in [0.1, 0.15) is 5.01 Å². The summed E-state index contributed by atoms with van der Waals surface area (Å²) in [6, 6.07) is 4.10. The Hall–Kier alpha value is -0.710. The number of aliphatic hydroxyl groups is 1. The predicted octanol–water partition coefficient (Wildman–Crippen LogP) is 3.32. The molecule has 0 radical (unpaired) electrons. The van der Waals surface area contributed by atoms with Crippen LogP contribution in [0, 0.1) is 0 Å². The summed E-state index contributed by atoms with van der Waals surface area (Å²) >= 11 is 3.30. The van der Waals surface area contributed by atoms with Crippen molar-refractivity contribution < 1.29 is 5.11 Å². The fraction of sp³-hybridized carbons (Fsp3) is 0.364. The molecule has 0 fully saturated rings. The Kier molecular flexibility index (Phi) is 3.51. The molecule has 4 heteroatoms. The third-order valence-corrected chi connectivity index (χ3v) is 4.26.